The van der Waals surface area contributed by atoms with Crippen molar-refractivity contribution in [2.24, 2.45) is 11.8 Å². The molecule has 0 radical (unpaired) electrons. The molecule has 2 aliphatic carbocycles. The molecule has 0 unspecified atom stereocenters. The van der Waals surface area contributed by atoms with E-state index in [9.17, 15) is 18.8 Å². The molecule has 178 valence electrons. The Morgan fingerprint density at radius 3 is 2.49 bits per heavy atom. The predicted octanol–water partition coefficient (Wildman–Crippen LogP) is 3.20. The molecule has 9 heteroatoms. The fraction of sp³-hybridized carbons (Fsp3) is 0.269. The van der Waals surface area contributed by atoms with Crippen molar-refractivity contribution in [1.29, 1.82) is 0 Å². The highest BCUT2D eigenvalue weighted by Crippen LogP contribution is 2.55. The van der Waals surface area contributed by atoms with Crippen LogP contribution >= 0.6 is 0 Å². The number of carbonyl (C=O) groups is 3. The van der Waals surface area contributed by atoms with Crippen molar-refractivity contribution in [2.75, 3.05) is 25.8 Å². The van der Waals surface area contributed by atoms with Gasteiger partial charge in [0.1, 0.15) is 5.82 Å². The molecule has 1 N–H and O–H groups in total. The first-order valence-electron chi connectivity index (χ1n) is 11.1. The summed E-state index contributed by atoms with van der Waals surface area (Å²) in [6, 6.07) is 9.41. The number of methoxy groups -OCH3 is 1. The number of rotatable bonds is 4. The molecule has 0 aromatic heterocycles. The van der Waals surface area contributed by atoms with Crippen LogP contribution in [-0.2, 0) is 23.9 Å². The van der Waals surface area contributed by atoms with Crippen molar-refractivity contribution in [3.05, 3.63) is 76.8 Å². The molecule has 2 aromatic rings. The third kappa shape index (κ3) is 3.30. The van der Waals surface area contributed by atoms with Gasteiger partial charge in [0.15, 0.2) is 17.3 Å². The summed E-state index contributed by atoms with van der Waals surface area (Å²) in [4.78, 5) is 37.7. The number of nitrogens with one attached hydrogen (secondary N) is 1. The Kier molecular flexibility index (Phi) is 4.87. The Morgan fingerprint density at radius 2 is 1.74 bits per heavy atom. The number of esters is 1. The van der Waals surface area contributed by atoms with E-state index in [1.165, 1.54) is 25.3 Å². The van der Waals surface area contributed by atoms with E-state index in [1.54, 1.807) is 24.3 Å². The van der Waals surface area contributed by atoms with Gasteiger partial charge in [-0.15, -0.1) is 0 Å². The first-order valence-corrected chi connectivity index (χ1v) is 11.1. The van der Waals surface area contributed by atoms with E-state index in [4.69, 9.17) is 18.9 Å². The molecule has 8 nitrogen and oxygen atoms in total. The molecule has 2 aromatic carbocycles. The maximum atomic E-state index is 14.6. The molecule has 0 bridgehead atoms. The maximum Gasteiger partial charge on any atom is 0.310 e. The highest BCUT2D eigenvalue weighted by Gasteiger charge is 2.53. The Balaban J connectivity index is 1.54. The third-order valence-corrected chi connectivity index (χ3v) is 6.99. The number of benzene rings is 2. The van der Waals surface area contributed by atoms with Crippen LogP contribution in [0.4, 0.5) is 10.1 Å². The van der Waals surface area contributed by atoms with Gasteiger partial charge >= 0.3 is 5.97 Å². The lowest BCUT2D eigenvalue weighted by Gasteiger charge is -2.40. The molecular weight excluding hydrogens is 457 g/mol. The maximum absolute atomic E-state index is 14.6. The summed E-state index contributed by atoms with van der Waals surface area (Å²) in [6.07, 6.45) is 2.74. The Labute approximate surface area is 199 Å². The Bertz CT molecular complexity index is 1350. The van der Waals surface area contributed by atoms with Crippen LogP contribution in [0.1, 0.15) is 23.1 Å². The topological polar surface area (TPSA) is 100 Å². The molecule has 1 saturated heterocycles. The lowest BCUT2D eigenvalue weighted by Crippen LogP contribution is -2.38. The molecule has 6 rings (SSSR count). The number of allylic oxidation sites excluding steroid dienone is 4. The van der Waals surface area contributed by atoms with Crippen molar-refractivity contribution in [1.82, 2.24) is 0 Å². The number of para-hydroxylation sites is 1. The van der Waals surface area contributed by atoms with E-state index < -0.39 is 41.2 Å². The number of ketones is 2. The van der Waals surface area contributed by atoms with Crippen molar-refractivity contribution in [3.8, 4) is 11.5 Å². The number of ether oxygens (including phenoxy) is 4. The average molecular weight is 477 g/mol. The normalized spacial score (nSPS) is 26.4. The van der Waals surface area contributed by atoms with Gasteiger partial charge in [-0.1, -0.05) is 12.1 Å². The van der Waals surface area contributed by atoms with Gasteiger partial charge in [0, 0.05) is 11.8 Å². The van der Waals surface area contributed by atoms with Gasteiger partial charge in [-0.05, 0) is 53.1 Å². The SMILES string of the molecule is COC1=CC([C@@H]2c3cc4c(cc3[C@@H](Nc3ccccc3F)[C@H]3COC(=O)[C@@H]32)OCO4)=CC(=O)C1=O. The number of halogens is 1. The van der Waals surface area contributed by atoms with Crippen LogP contribution in [0.3, 0.4) is 0 Å². The lowest BCUT2D eigenvalue weighted by molar-refractivity contribution is -0.141. The minimum Gasteiger partial charge on any atom is -0.492 e. The van der Waals surface area contributed by atoms with Gasteiger partial charge in [-0.2, -0.15) is 0 Å². The van der Waals surface area contributed by atoms with Crippen LogP contribution in [0.5, 0.6) is 11.5 Å². The first-order chi connectivity index (χ1) is 17.0. The summed E-state index contributed by atoms with van der Waals surface area (Å²) in [7, 11) is 1.31. The average Bonchev–Trinajstić information content (AvgIpc) is 3.47. The Morgan fingerprint density at radius 1 is 1.00 bits per heavy atom. The van der Waals surface area contributed by atoms with E-state index >= 15 is 0 Å². The van der Waals surface area contributed by atoms with Crippen LogP contribution in [0, 0.1) is 17.7 Å². The second kappa shape index (κ2) is 7.97. The number of hydrogen-bond acceptors (Lipinski definition) is 8. The molecule has 4 aliphatic rings. The molecule has 2 heterocycles. The summed E-state index contributed by atoms with van der Waals surface area (Å²) >= 11 is 0. The van der Waals surface area contributed by atoms with Crippen LogP contribution in [0.25, 0.3) is 0 Å². The highest BCUT2D eigenvalue weighted by molar-refractivity contribution is 6.47. The molecule has 0 spiro atoms. The second-order valence-corrected chi connectivity index (χ2v) is 8.78. The summed E-state index contributed by atoms with van der Waals surface area (Å²) in [6.45, 7) is 0.160. The van der Waals surface area contributed by atoms with E-state index in [2.05, 4.69) is 5.32 Å². The van der Waals surface area contributed by atoms with Gasteiger partial charge < -0.3 is 24.3 Å². The fourth-order valence-electron chi connectivity index (χ4n) is 5.42. The van der Waals surface area contributed by atoms with Gasteiger partial charge in [0.2, 0.25) is 12.6 Å². The molecule has 0 amide bonds. The van der Waals surface area contributed by atoms with Crippen LogP contribution in [0.15, 0.2) is 59.9 Å². The number of anilines is 1. The quantitative estimate of drug-likeness (QED) is 0.407. The molecule has 1 fully saturated rings. The molecule has 35 heavy (non-hydrogen) atoms. The smallest absolute Gasteiger partial charge is 0.310 e. The van der Waals surface area contributed by atoms with Crippen LogP contribution in [0.2, 0.25) is 0 Å². The third-order valence-electron chi connectivity index (χ3n) is 6.99. The zero-order valence-electron chi connectivity index (χ0n) is 18.6. The summed E-state index contributed by atoms with van der Waals surface area (Å²) in [5.41, 5.74) is 2.21. The fourth-order valence-corrected chi connectivity index (χ4v) is 5.42. The molecule has 4 atom stereocenters. The van der Waals surface area contributed by atoms with Crippen molar-refractivity contribution >= 4 is 23.2 Å². The standard InChI is InChI=1S/C26H20FNO7/c1-32-21-7-12(6-18(29)25(21)30)22-13-8-19-20(35-11-34-19)9-14(13)24(15-10-33-26(31)23(15)22)28-17-5-3-2-4-16(17)27/h2-9,15,22-24,28H,10-11H2,1H3/t15-,22+,23-,24+/m0/s1. The monoisotopic (exact) mass is 477 g/mol. The van der Waals surface area contributed by atoms with Gasteiger partial charge in [-0.3, -0.25) is 14.4 Å². The van der Waals surface area contributed by atoms with Crippen molar-refractivity contribution in [3.63, 3.8) is 0 Å². The number of Topliss-reactive ketones (excluding diaryl/α,β-unsaturated/α-hetero) is 1. The number of cyclic esters (lactones) is 1. The second-order valence-electron chi connectivity index (χ2n) is 8.78. The number of fused-ring (bicyclic) bond motifs is 3. The van der Waals surface area contributed by atoms with Crippen molar-refractivity contribution in [2.45, 2.75) is 12.0 Å². The number of hydrogen-bond donors (Lipinski definition) is 1. The minimum absolute atomic E-state index is 0.0482. The van der Waals surface area contributed by atoms with Crippen LogP contribution in [-0.4, -0.2) is 38.0 Å². The van der Waals surface area contributed by atoms with E-state index in [0.29, 0.717) is 22.6 Å². The van der Waals surface area contributed by atoms with Crippen molar-refractivity contribution < 1.29 is 37.7 Å². The zero-order chi connectivity index (χ0) is 24.3. The van der Waals surface area contributed by atoms with E-state index in [1.807, 2.05) is 6.07 Å². The van der Waals surface area contributed by atoms with Gasteiger partial charge in [-0.25, -0.2) is 4.39 Å². The predicted molar refractivity (Wildman–Crippen MR) is 119 cm³/mol. The highest BCUT2D eigenvalue weighted by atomic mass is 19.1. The summed E-state index contributed by atoms with van der Waals surface area (Å²) in [5, 5.41) is 3.26. The summed E-state index contributed by atoms with van der Waals surface area (Å²) in [5.74, 6) is -3.07. The van der Waals surface area contributed by atoms with Gasteiger partial charge in [0.25, 0.3) is 5.78 Å². The van der Waals surface area contributed by atoms with Gasteiger partial charge in [0.05, 0.1) is 31.4 Å². The van der Waals surface area contributed by atoms with Crippen LogP contribution < -0.4 is 14.8 Å². The van der Waals surface area contributed by atoms with E-state index in [0.717, 1.165) is 5.56 Å². The lowest BCUT2D eigenvalue weighted by atomic mass is 9.64. The molecule has 0 saturated carbocycles. The van der Waals surface area contributed by atoms with E-state index in [-0.39, 0.29) is 30.8 Å². The first kappa shape index (κ1) is 21.4. The zero-order valence-corrected chi connectivity index (χ0v) is 18.6. The molecule has 2 aliphatic heterocycles. The number of carbonyl (C=O) groups excluding carboxylic acids is 3. The summed E-state index contributed by atoms with van der Waals surface area (Å²) < 4.78 is 36.4. The minimum atomic E-state index is -0.748. The largest absolute Gasteiger partial charge is 0.492 e. The Hall–Kier alpha value is -4.14. The molecular formula is C26H20FNO7.